The molecule has 8 heteroatoms. The molecule has 0 saturated carbocycles. The number of esters is 1. The number of halogens is 3. The maximum Gasteiger partial charge on any atom is 0.387 e. The van der Waals surface area contributed by atoms with Crippen LogP contribution >= 0.6 is 0 Å². The van der Waals surface area contributed by atoms with Crippen molar-refractivity contribution in [2.24, 2.45) is 0 Å². The number of rotatable bonds is 6. The van der Waals surface area contributed by atoms with E-state index in [1.165, 1.54) is 30.3 Å². The van der Waals surface area contributed by atoms with Gasteiger partial charge in [-0.1, -0.05) is 6.07 Å². The van der Waals surface area contributed by atoms with Gasteiger partial charge in [0, 0.05) is 5.69 Å². The van der Waals surface area contributed by atoms with Gasteiger partial charge in [-0.3, -0.25) is 4.79 Å². The third kappa shape index (κ3) is 5.31. The SMILES string of the molecule is O=C(COC(=O)c1cccc(OC(F)F)c1)Nc1ccc(F)cc1. The maximum atomic E-state index is 12.7. The van der Waals surface area contributed by atoms with Gasteiger partial charge in [0.2, 0.25) is 0 Å². The number of nitrogens with one attached hydrogen (secondary N) is 1. The highest BCUT2D eigenvalue weighted by molar-refractivity contribution is 5.95. The molecule has 0 heterocycles. The van der Waals surface area contributed by atoms with Crippen molar-refractivity contribution in [1.29, 1.82) is 0 Å². The number of amides is 1. The molecule has 2 aromatic rings. The molecule has 126 valence electrons. The molecule has 0 fully saturated rings. The Balaban J connectivity index is 1.88. The molecule has 5 nitrogen and oxygen atoms in total. The number of ether oxygens (including phenoxy) is 2. The lowest BCUT2D eigenvalue weighted by Gasteiger charge is -2.08. The third-order valence-electron chi connectivity index (χ3n) is 2.76. The number of carbonyl (C=O) groups is 2. The number of anilines is 1. The van der Waals surface area contributed by atoms with E-state index in [4.69, 9.17) is 4.74 Å². The largest absolute Gasteiger partial charge is 0.452 e. The summed E-state index contributed by atoms with van der Waals surface area (Å²) in [6, 6.07) is 10.0. The van der Waals surface area contributed by atoms with E-state index in [-0.39, 0.29) is 11.3 Å². The predicted molar refractivity (Wildman–Crippen MR) is 78.4 cm³/mol. The first-order chi connectivity index (χ1) is 11.4. The highest BCUT2D eigenvalue weighted by Crippen LogP contribution is 2.16. The second kappa shape index (κ2) is 8.00. The van der Waals surface area contributed by atoms with Crippen molar-refractivity contribution in [1.82, 2.24) is 0 Å². The smallest absolute Gasteiger partial charge is 0.387 e. The zero-order valence-electron chi connectivity index (χ0n) is 12.2. The van der Waals surface area contributed by atoms with Crippen molar-refractivity contribution in [2.75, 3.05) is 11.9 Å². The molecular weight excluding hydrogens is 327 g/mol. The van der Waals surface area contributed by atoms with Crippen LogP contribution in [-0.4, -0.2) is 25.1 Å². The summed E-state index contributed by atoms with van der Waals surface area (Å²) in [4.78, 5) is 23.4. The molecule has 2 rings (SSSR count). The highest BCUT2D eigenvalue weighted by atomic mass is 19.3. The molecule has 0 aromatic heterocycles. The second-order valence-electron chi connectivity index (χ2n) is 4.54. The Hall–Kier alpha value is -3.03. The quantitative estimate of drug-likeness (QED) is 0.821. The Labute approximate surface area is 135 Å². The summed E-state index contributed by atoms with van der Waals surface area (Å²) >= 11 is 0. The molecule has 2 aromatic carbocycles. The van der Waals surface area contributed by atoms with E-state index in [0.29, 0.717) is 5.69 Å². The van der Waals surface area contributed by atoms with Crippen LogP contribution in [0.3, 0.4) is 0 Å². The van der Waals surface area contributed by atoms with Gasteiger partial charge < -0.3 is 14.8 Å². The van der Waals surface area contributed by atoms with E-state index in [2.05, 4.69) is 10.1 Å². The van der Waals surface area contributed by atoms with Crippen LogP contribution < -0.4 is 10.1 Å². The Kier molecular flexibility index (Phi) is 5.78. The van der Waals surface area contributed by atoms with Gasteiger partial charge in [-0.15, -0.1) is 0 Å². The van der Waals surface area contributed by atoms with Crippen LogP contribution in [0.5, 0.6) is 5.75 Å². The first-order valence-electron chi connectivity index (χ1n) is 6.71. The van der Waals surface area contributed by atoms with E-state index in [1.54, 1.807) is 0 Å². The fraction of sp³-hybridized carbons (Fsp3) is 0.125. The molecular formula is C16H12F3NO4. The maximum absolute atomic E-state index is 12.7. The molecule has 0 atom stereocenters. The molecule has 24 heavy (non-hydrogen) atoms. The molecule has 0 aliphatic heterocycles. The fourth-order valence-electron chi connectivity index (χ4n) is 1.74. The average Bonchev–Trinajstić information content (AvgIpc) is 2.54. The van der Waals surface area contributed by atoms with Gasteiger partial charge in [0.25, 0.3) is 5.91 Å². The van der Waals surface area contributed by atoms with Gasteiger partial charge in [-0.05, 0) is 42.5 Å². The molecule has 0 aliphatic carbocycles. The summed E-state index contributed by atoms with van der Waals surface area (Å²) in [5.74, 6) is -2.15. The summed E-state index contributed by atoms with van der Waals surface area (Å²) in [7, 11) is 0. The fourth-order valence-corrected chi connectivity index (χ4v) is 1.74. The number of benzene rings is 2. The number of hydrogen-bond donors (Lipinski definition) is 1. The van der Waals surface area contributed by atoms with Gasteiger partial charge in [0.1, 0.15) is 11.6 Å². The van der Waals surface area contributed by atoms with Crippen LogP contribution in [0, 0.1) is 5.82 Å². The first-order valence-corrected chi connectivity index (χ1v) is 6.71. The van der Waals surface area contributed by atoms with Crippen LogP contribution in [0.15, 0.2) is 48.5 Å². The highest BCUT2D eigenvalue weighted by Gasteiger charge is 2.12. The van der Waals surface area contributed by atoms with Crippen molar-refractivity contribution in [3.05, 3.63) is 59.9 Å². The van der Waals surface area contributed by atoms with Gasteiger partial charge >= 0.3 is 12.6 Å². The molecule has 1 amide bonds. The summed E-state index contributed by atoms with van der Waals surface area (Å²) in [6.07, 6.45) is 0. The lowest BCUT2D eigenvalue weighted by molar-refractivity contribution is -0.119. The van der Waals surface area contributed by atoms with Crippen LogP contribution in [0.1, 0.15) is 10.4 Å². The van der Waals surface area contributed by atoms with Crippen LogP contribution in [0.4, 0.5) is 18.9 Å². The molecule has 0 spiro atoms. The van der Waals surface area contributed by atoms with Crippen LogP contribution in [-0.2, 0) is 9.53 Å². The normalized spacial score (nSPS) is 10.3. The standard InChI is InChI=1S/C16H12F3NO4/c17-11-4-6-12(7-5-11)20-14(21)9-23-15(22)10-2-1-3-13(8-10)24-16(18)19/h1-8,16H,9H2,(H,20,21). The van der Waals surface area contributed by atoms with E-state index >= 15 is 0 Å². The number of carbonyl (C=O) groups excluding carboxylic acids is 2. The molecule has 0 radical (unpaired) electrons. The minimum atomic E-state index is -3.02. The van der Waals surface area contributed by atoms with Crippen molar-refractivity contribution < 1.29 is 32.2 Å². The van der Waals surface area contributed by atoms with Crippen LogP contribution in [0.25, 0.3) is 0 Å². The van der Waals surface area contributed by atoms with Gasteiger partial charge in [0.05, 0.1) is 5.56 Å². The van der Waals surface area contributed by atoms with Gasteiger partial charge in [0.15, 0.2) is 6.61 Å². The van der Waals surface area contributed by atoms with Crippen molar-refractivity contribution in [3.63, 3.8) is 0 Å². The summed E-state index contributed by atoms with van der Waals surface area (Å²) in [5, 5.41) is 2.41. The summed E-state index contributed by atoms with van der Waals surface area (Å²) < 4.78 is 45.9. The van der Waals surface area contributed by atoms with Crippen molar-refractivity contribution in [2.45, 2.75) is 6.61 Å². The summed E-state index contributed by atoms with van der Waals surface area (Å²) in [6.45, 7) is -3.60. The van der Waals surface area contributed by atoms with E-state index in [0.717, 1.165) is 18.2 Å². The Morgan fingerprint density at radius 1 is 1.08 bits per heavy atom. The van der Waals surface area contributed by atoms with Gasteiger partial charge in [-0.2, -0.15) is 8.78 Å². The first kappa shape index (κ1) is 17.3. The number of alkyl halides is 2. The lowest BCUT2D eigenvalue weighted by atomic mass is 10.2. The number of hydrogen-bond acceptors (Lipinski definition) is 4. The van der Waals surface area contributed by atoms with E-state index < -0.39 is 30.9 Å². The van der Waals surface area contributed by atoms with Gasteiger partial charge in [-0.25, -0.2) is 9.18 Å². The average molecular weight is 339 g/mol. The summed E-state index contributed by atoms with van der Waals surface area (Å²) in [5.41, 5.74) is 0.299. The van der Waals surface area contributed by atoms with E-state index in [9.17, 15) is 22.8 Å². The minimum Gasteiger partial charge on any atom is -0.452 e. The van der Waals surface area contributed by atoms with Crippen molar-refractivity contribution in [3.8, 4) is 5.75 Å². The Morgan fingerprint density at radius 2 is 1.79 bits per heavy atom. The molecule has 1 N–H and O–H groups in total. The molecule has 0 unspecified atom stereocenters. The molecule has 0 bridgehead atoms. The second-order valence-corrected chi connectivity index (χ2v) is 4.54. The minimum absolute atomic E-state index is 0.0391. The predicted octanol–water partition coefficient (Wildman–Crippen LogP) is 3.22. The zero-order chi connectivity index (χ0) is 17.5. The molecule has 0 aliphatic rings. The Morgan fingerprint density at radius 3 is 2.46 bits per heavy atom. The monoisotopic (exact) mass is 339 g/mol. The van der Waals surface area contributed by atoms with Crippen molar-refractivity contribution >= 4 is 17.6 Å². The lowest BCUT2D eigenvalue weighted by Crippen LogP contribution is -2.21. The zero-order valence-corrected chi connectivity index (χ0v) is 12.2. The molecule has 0 saturated heterocycles. The van der Waals surface area contributed by atoms with Crippen LogP contribution in [0.2, 0.25) is 0 Å². The topological polar surface area (TPSA) is 64.6 Å². The third-order valence-corrected chi connectivity index (χ3v) is 2.76. The van der Waals surface area contributed by atoms with E-state index in [1.807, 2.05) is 0 Å². The Bertz CT molecular complexity index is 720.